The fourth-order valence-electron chi connectivity index (χ4n) is 1.74. The average molecular weight is 263 g/mol. The van der Waals surface area contributed by atoms with Crippen LogP contribution < -0.4 is 0 Å². The van der Waals surface area contributed by atoms with Gasteiger partial charge in [-0.15, -0.1) is 0 Å². The van der Waals surface area contributed by atoms with Gasteiger partial charge in [0.2, 0.25) is 0 Å². The first kappa shape index (κ1) is 13.2. The number of benzene rings is 2. The summed E-state index contributed by atoms with van der Waals surface area (Å²) in [4.78, 5) is 0. The zero-order valence-corrected chi connectivity index (χ0v) is 11.2. The van der Waals surface area contributed by atoms with Gasteiger partial charge in [0.05, 0.1) is 11.6 Å². The molecule has 0 N–H and O–H groups in total. The molecule has 0 heterocycles. The Labute approximate surface area is 118 Å². The van der Waals surface area contributed by atoms with E-state index in [1.807, 2.05) is 42.5 Å². The van der Waals surface area contributed by atoms with E-state index in [-0.39, 0.29) is 0 Å². The van der Waals surface area contributed by atoms with Gasteiger partial charge in [0.15, 0.2) is 0 Å². The summed E-state index contributed by atoms with van der Waals surface area (Å²) in [6.07, 6.45) is 5.84. The molecule has 1 nitrogen and oxygen atoms in total. The minimum absolute atomic E-state index is 0.682. The van der Waals surface area contributed by atoms with Gasteiger partial charge in [0.25, 0.3) is 0 Å². The summed E-state index contributed by atoms with van der Waals surface area (Å²) in [6.45, 7) is 0. The van der Waals surface area contributed by atoms with Crippen LogP contribution in [0.3, 0.4) is 0 Å². The number of hydrogen-bond donors (Lipinski definition) is 1. The number of nitriles is 1. The third-order valence-corrected chi connectivity index (χ3v) is 2.92. The summed E-state index contributed by atoms with van der Waals surface area (Å²) in [5.41, 5.74) is 4.09. The Morgan fingerprint density at radius 1 is 0.842 bits per heavy atom. The van der Waals surface area contributed by atoms with Crippen LogP contribution in [0.15, 0.2) is 66.1 Å². The van der Waals surface area contributed by atoms with Crippen molar-refractivity contribution >= 4 is 18.7 Å². The molecular formula is C17H13NS. The molecule has 0 bridgehead atoms. The summed E-state index contributed by atoms with van der Waals surface area (Å²) >= 11 is 3.99. The monoisotopic (exact) mass is 263 g/mol. The molecule has 0 atom stereocenters. The van der Waals surface area contributed by atoms with Gasteiger partial charge in [-0.3, -0.25) is 0 Å². The Bertz CT molecular complexity index is 628. The van der Waals surface area contributed by atoms with E-state index in [0.29, 0.717) is 5.56 Å². The molecule has 0 fully saturated rings. The molecular weight excluding hydrogens is 250 g/mol. The Morgan fingerprint density at radius 3 is 1.95 bits per heavy atom. The van der Waals surface area contributed by atoms with Gasteiger partial charge < -0.3 is 0 Å². The molecule has 2 rings (SSSR count). The van der Waals surface area contributed by atoms with Gasteiger partial charge in [-0.05, 0) is 34.2 Å². The smallest absolute Gasteiger partial charge is 0.0991 e. The van der Waals surface area contributed by atoms with Crippen LogP contribution >= 0.6 is 12.6 Å². The lowest BCUT2D eigenvalue weighted by atomic mass is 10.0. The molecule has 0 aromatic heterocycles. The van der Waals surface area contributed by atoms with Crippen LogP contribution in [-0.2, 0) is 0 Å². The van der Waals surface area contributed by atoms with Crippen LogP contribution in [-0.4, -0.2) is 0 Å². The highest BCUT2D eigenvalue weighted by molar-refractivity contribution is 7.83. The van der Waals surface area contributed by atoms with Crippen molar-refractivity contribution < 1.29 is 0 Å². The van der Waals surface area contributed by atoms with Crippen LogP contribution in [0, 0.1) is 11.3 Å². The SMILES string of the molecule is N#Cc1ccc(-c2ccc(/C=C/C=C/S)cc2)cc1. The predicted molar refractivity (Wildman–Crippen MR) is 83.8 cm³/mol. The highest BCUT2D eigenvalue weighted by atomic mass is 32.1. The van der Waals surface area contributed by atoms with E-state index in [9.17, 15) is 0 Å². The van der Waals surface area contributed by atoms with Crippen molar-refractivity contribution in [3.63, 3.8) is 0 Å². The van der Waals surface area contributed by atoms with Gasteiger partial charge in [0, 0.05) is 0 Å². The molecule has 0 aliphatic rings. The van der Waals surface area contributed by atoms with E-state index in [4.69, 9.17) is 5.26 Å². The molecule has 0 amide bonds. The van der Waals surface area contributed by atoms with Crippen molar-refractivity contribution in [1.82, 2.24) is 0 Å². The molecule has 92 valence electrons. The van der Waals surface area contributed by atoms with Crippen molar-refractivity contribution in [2.24, 2.45) is 0 Å². The highest BCUT2D eigenvalue weighted by Gasteiger charge is 1.97. The van der Waals surface area contributed by atoms with Crippen LogP contribution in [0.1, 0.15) is 11.1 Å². The van der Waals surface area contributed by atoms with Crippen molar-refractivity contribution in [2.45, 2.75) is 0 Å². The Morgan fingerprint density at radius 2 is 1.42 bits per heavy atom. The average Bonchev–Trinajstić information content (AvgIpc) is 2.48. The normalized spacial score (nSPS) is 10.9. The maximum absolute atomic E-state index is 8.77. The first-order valence-electron chi connectivity index (χ1n) is 5.91. The largest absolute Gasteiger partial charge is 0.192 e. The van der Waals surface area contributed by atoms with Crippen molar-refractivity contribution in [2.75, 3.05) is 0 Å². The van der Waals surface area contributed by atoms with Gasteiger partial charge in [-0.25, -0.2) is 0 Å². The molecule has 0 spiro atoms. The van der Waals surface area contributed by atoms with Gasteiger partial charge >= 0.3 is 0 Å². The maximum atomic E-state index is 8.77. The molecule has 0 unspecified atom stereocenters. The number of thiol groups is 1. The summed E-state index contributed by atoms with van der Waals surface area (Å²) in [6, 6.07) is 18.0. The third kappa shape index (κ3) is 3.61. The van der Waals surface area contributed by atoms with Crippen molar-refractivity contribution in [1.29, 1.82) is 5.26 Å². The molecule has 0 saturated carbocycles. The first-order chi connectivity index (χ1) is 9.33. The highest BCUT2D eigenvalue weighted by Crippen LogP contribution is 2.20. The summed E-state index contributed by atoms with van der Waals surface area (Å²) in [5.74, 6) is 0. The van der Waals surface area contributed by atoms with Crippen LogP contribution in [0.4, 0.5) is 0 Å². The third-order valence-electron chi connectivity index (χ3n) is 2.74. The number of nitrogens with zero attached hydrogens (tertiary/aromatic N) is 1. The molecule has 19 heavy (non-hydrogen) atoms. The van der Waals surface area contributed by atoms with Crippen molar-refractivity contribution in [3.05, 3.63) is 77.2 Å². The Balaban J connectivity index is 2.20. The van der Waals surface area contributed by atoms with Gasteiger partial charge in [-0.1, -0.05) is 54.6 Å². The number of hydrogen-bond acceptors (Lipinski definition) is 2. The lowest BCUT2D eigenvalue weighted by molar-refractivity contribution is 1.48. The summed E-state index contributed by atoms with van der Waals surface area (Å²) < 4.78 is 0. The summed E-state index contributed by atoms with van der Waals surface area (Å²) in [7, 11) is 0. The van der Waals surface area contributed by atoms with E-state index in [2.05, 4.69) is 43.0 Å². The second-order valence-electron chi connectivity index (χ2n) is 4.01. The Kier molecular flexibility index (Phi) is 4.60. The van der Waals surface area contributed by atoms with Crippen LogP contribution in [0.2, 0.25) is 0 Å². The lowest BCUT2D eigenvalue weighted by Gasteiger charge is -2.02. The van der Waals surface area contributed by atoms with Gasteiger partial charge in [-0.2, -0.15) is 17.9 Å². The molecule has 0 aliphatic carbocycles. The fourth-order valence-corrected chi connectivity index (χ4v) is 1.84. The minimum atomic E-state index is 0.682. The summed E-state index contributed by atoms with van der Waals surface area (Å²) in [5, 5.41) is 10.5. The van der Waals surface area contributed by atoms with Crippen molar-refractivity contribution in [3.8, 4) is 17.2 Å². The van der Waals surface area contributed by atoms with E-state index >= 15 is 0 Å². The molecule has 2 heteroatoms. The maximum Gasteiger partial charge on any atom is 0.0991 e. The van der Waals surface area contributed by atoms with E-state index in [1.54, 1.807) is 5.41 Å². The standard InChI is InChI=1S/C17H13NS/c18-13-15-6-10-17(11-7-15)16-8-4-14(5-9-16)3-1-2-12-19/h1-12,19H/b3-1+,12-2+. The zero-order chi connectivity index (χ0) is 13.5. The van der Waals surface area contributed by atoms with E-state index < -0.39 is 0 Å². The molecule has 2 aromatic carbocycles. The zero-order valence-electron chi connectivity index (χ0n) is 10.3. The number of rotatable bonds is 3. The number of allylic oxidation sites excluding steroid dienone is 2. The molecule has 2 aromatic rings. The fraction of sp³-hybridized carbons (Fsp3) is 0. The molecule has 0 radical (unpaired) electrons. The van der Waals surface area contributed by atoms with E-state index in [1.165, 1.54) is 0 Å². The molecule has 0 saturated heterocycles. The van der Waals surface area contributed by atoms with Gasteiger partial charge in [0.1, 0.15) is 0 Å². The quantitative estimate of drug-likeness (QED) is 0.630. The topological polar surface area (TPSA) is 23.8 Å². The minimum Gasteiger partial charge on any atom is -0.192 e. The molecule has 0 aliphatic heterocycles. The first-order valence-corrected chi connectivity index (χ1v) is 6.43. The van der Waals surface area contributed by atoms with Crippen LogP contribution in [0.5, 0.6) is 0 Å². The predicted octanol–water partition coefficient (Wildman–Crippen LogP) is 4.68. The van der Waals surface area contributed by atoms with E-state index in [0.717, 1.165) is 16.7 Å². The second kappa shape index (κ2) is 6.63. The van der Waals surface area contributed by atoms with Crippen LogP contribution in [0.25, 0.3) is 17.2 Å². The Hall–Kier alpha value is -2.24. The lowest BCUT2D eigenvalue weighted by Crippen LogP contribution is -1.79. The second-order valence-corrected chi connectivity index (χ2v) is 4.31.